The molecular weight excluding hydrogens is 443 g/mol. The molecule has 0 bridgehead atoms. The molecule has 9 heteroatoms. The fourth-order valence-corrected chi connectivity index (χ4v) is 4.35. The number of nitrogens with zero attached hydrogens (tertiary/aromatic N) is 5. The van der Waals surface area contributed by atoms with Crippen molar-refractivity contribution in [3.8, 4) is 5.69 Å². The molecule has 0 saturated carbocycles. The fraction of sp³-hybridized carbons (Fsp3) is 0.240. The van der Waals surface area contributed by atoms with Gasteiger partial charge in [0.15, 0.2) is 23.3 Å². The van der Waals surface area contributed by atoms with E-state index in [9.17, 15) is 18.3 Å². The molecule has 5 rings (SSSR count). The van der Waals surface area contributed by atoms with Crippen LogP contribution in [0.25, 0.3) is 17.8 Å². The van der Waals surface area contributed by atoms with Crippen LogP contribution in [0, 0.1) is 31.3 Å². The minimum absolute atomic E-state index is 0.119. The van der Waals surface area contributed by atoms with Crippen molar-refractivity contribution in [3.63, 3.8) is 0 Å². The zero-order chi connectivity index (χ0) is 24.0. The molecule has 4 aromatic rings. The number of imidazole rings is 1. The van der Waals surface area contributed by atoms with Crippen LogP contribution in [-0.2, 0) is 6.54 Å². The van der Waals surface area contributed by atoms with Crippen LogP contribution in [-0.4, -0.2) is 35.5 Å². The third-order valence-corrected chi connectivity index (χ3v) is 6.02. The van der Waals surface area contributed by atoms with E-state index in [1.807, 2.05) is 48.9 Å². The second kappa shape index (κ2) is 8.57. The Labute approximate surface area is 194 Å². The SMILES string of the molecule is Cc1cn(-c2ccc(/C=C/c3nc4n(n3)CC[C@@H](O)C4c3cc(F)c(F)c(F)c3)cc2C)cn1. The van der Waals surface area contributed by atoms with Crippen molar-refractivity contribution in [2.75, 3.05) is 0 Å². The highest BCUT2D eigenvalue weighted by Crippen LogP contribution is 2.34. The molecule has 0 fully saturated rings. The van der Waals surface area contributed by atoms with E-state index in [0.29, 0.717) is 24.6 Å². The molecule has 0 amide bonds. The highest BCUT2D eigenvalue weighted by atomic mass is 19.2. The standard InChI is InChI=1S/C25H22F3N5O/c1-14-9-16(3-5-20(14)32-12-15(2)29-13-32)4-6-22-30-25-23(21(34)7-8-33(25)31-22)17-10-18(26)24(28)19(27)11-17/h3-6,9-13,21,23,34H,7-8H2,1-2H3/b6-4+/t21-,23?/m1/s1. The van der Waals surface area contributed by atoms with Crippen molar-refractivity contribution in [2.24, 2.45) is 0 Å². The number of aryl methyl sites for hydroxylation is 3. The van der Waals surface area contributed by atoms with E-state index in [2.05, 4.69) is 15.1 Å². The highest BCUT2D eigenvalue weighted by molar-refractivity contribution is 5.68. The molecule has 0 spiro atoms. The highest BCUT2D eigenvalue weighted by Gasteiger charge is 2.33. The largest absolute Gasteiger partial charge is 0.392 e. The number of hydrogen-bond acceptors (Lipinski definition) is 4. The molecular formula is C25H22F3N5O. The van der Waals surface area contributed by atoms with E-state index in [1.165, 1.54) is 0 Å². The summed E-state index contributed by atoms with van der Waals surface area (Å²) in [5, 5.41) is 15.0. The summed E-state index contributed by atoms with van der Waals surface area (Å²) >= 11 is 0. The summed E-state index contributed by atoms with van der Waals surface area (Å²) in [4.78, 5) is 8.76. The summed E-state index contributed by atoms with van der Waals surface area (Å²) in [5.41, 5.74) is 4.11. The van der Waals surface area contributed by atoms with Crippen LogP contribution in [0.1, 0.15) is 46.4 Å². The summed E-state index contributed by atoms with van der Waals surface area (Å²) in [5.74, 6) is -4.17. The van der Waals surface area contributed by atoms with Gasteiger partial charge in [-0.1, -0.05) is 12.1 Å². The van der Waals surface area contributed by atoms with Crippen molar-refractivity contribution in [1.82, 2.24) is 24.3 Å². The van der Waals surface area contributed by atoms with Gasteiger partial charge in [0.05, 0.1) is 24.0 Å². The van der Waals surface area contributed by atoms with Crippen molar-refractivity contribution in [2.45, 2.75) is 38.8 Å². The topological polar surface area (TPSA) is 68.8 Å². The van der Waals surface area contributed by atoms with Gasteiger partial charge in [-0.15, -0.1) is 0 Å². The number of aliphatic hydroxyl groups is 1. The number of fused-ring (bicyclic) bond motifs is 1. The smallest absolute Gasteiger partial charge is 0.194 e. The van der Waals surface area contributed by atoms with E-state index >= 15 is 0 Å². The molecule has 0 radical (unpaired) electrons. The van der Waals surface area contributed by atoms with Crippen molar-refractivity contribution >= 4 is 12.2 Å². The van der Waals surface area contributed by atoms with Crippen LogP contribution >= 0.6 is 0 Å². The maximum atomic E-state index is 13.8. The molecule has 0 saturated heterocycles. The maximum absolute atomic E-state index is 13.8. The van der Waals surface area contributed by atoms with Gasteiger partial charge in [-0.3, -0.25) is 0 Å². The molecule has 0 aliphatic carbocycles. The Morgan fingerprint density at radius 2 is 1.82 bits per heavy atom. The minimum Gasteiger partial charge on any atom is -0.392 e. The Morgan fingerprint density at radius 3 is 2.50 bits per heavy atom. The lowest BCUT2D eigenvalue weighted by molar-refractivity contribution is 0.118. The average Bonchev–Trinajstić information content (AvgIpc) is 3.41. The predicted molar refractivity (Wildman–Crippen MR) is 121 cm³/mol. The normalized spacial score (nSPS) is 17.9. The average molecular weight is 465 g/mol. The van der Waals surface area contributed by atoms with Gasteiger partial charge < -0.3 is 9.67 Å². The lowest BCUT2D eigenvalue weighted by atomic mass is 9.88. The first-order valence-electron chi connectivity index (χ1n) is 10.9. The minimum atomic E-state index is -1.54. The molecule has 1 unspecified atom stereocenters. The van der Waals surface area contributed by atoms with Crippen LogP contribution in [0.5, 0.6) is 0 Å². The van der Waals surface area contributed by atoms with Gasteiger partial charge in [-0.25, -0.2) is 27.8 Å². The lowest BCUT2D eigenvalue weighted by Crippen LogP contribution is -2.30. The van der Waals surface area contributed by atoms with Gasteiger partial charge in [0.25, 0.3) is 0 Å². The Balaban J connectivity index is 1.43. The quantitative estimate of drug-likeness (QED) is 0.449. The summed E-state index contributed by atoms with van der Waals surface area (Å²) in [6.07, 6.45) is 6.77. The van der Waals surface area contributed by atoms with E-state index in [4.69, 9.17) is 0 Å². The molecule has 6 nitrogen and oxygen atoms in total. The maximum Gasteiger partial charge on any atom is 0.194 e. The van der Waals surface area contributed by atoms with E-state index < -0.39 is 29.5 Å². The van der Waals surface area contributed by atoms with Gasteiger partial charge in [-0.05, 0) is 67.3 Å². The molecule has 1 N–H and O–H groups in total. The van der Waals surface area contributed by atoms with Crippen LogP contribution in [0.2, 0.25) is 0 Å². The third-order valence-electron chi connectivity index (χ3n) is 6.02. The molecule has 174 valence electrons. The van der Waals surface area contributed by atoms with Crippen molar-refractivity contribution in [3.05, 3.63) is 94.3 Å². The van der Waals surface area contributed by atoms with E-state index in [0.717, 1.165) is 34.6 Å². The van der Waals surface area contributed by atoms with Crippen LogP contribution in [0.3, 0.4) is 0 Å². The zero-order valence-corrected chi connectivity index (χ0v) is 18.6. The molecule has 2 atom stereocenters. The van der Waals surface area contributed by atoms with Gasteiger partial charge in [0.1, 0.15) is 5.82 Å². The number of aromatic nitrogens is 5. The van der Waals surface area contributed by atoms with Gasteiger partial charge in [0, 0.05) is 18.4 Å². The lowest BCUT2D eigenvalue weighted by Gasteiger charge is -2.27. The van der Waals surface area contributed by atoms with Gasteiger partial charge in [0.2, 0.25) is 0 Å². The molecule has 1 aliphatic heterocycles. The summed E-state index contributed by atoms with van der Waals surface area (Å²) in [6.45, 7) is 4.37. The predicted octanol–water partition coefficient (Wildman–Crippen LogP) is 4.56. The Bertz CT molecular complexity index is 1380. The van der Waals surface area contributed by atoms with Gasteiger partial charge >= 0.3 is 0 Å². The second-order valence-electron chi connectivity index (χ2n) is 8.49. The van der Waals surface area contributed by atoms with Crippen LogP contribution in [0.4, 0.5) is 13.2 Å². The number of hydrogen-bond donors (Lipinski definition) is 1. The summed E-state index contributed by atoms with van der Waals surface area (Å²) in [7, 11) is 0. The van der Waals surface area contributed by atoms with Crippen LogP contribution in [0.15, 0.2) is 42.9 Å². The Hall–Kier alpha value is -3.72. The zero-order valence-electron chi connectivity index (χ0n) is 18.6. The summed E-state index contributed by atoms with van der Waals surface area (Å²) in [6, 6.07) is 7.82. The molecule has 3 heterocycles. The van der Waals surface area contributed by atoms with E-state index in [-0.39, 0.29) is 5.56 Å². The Kier molecular flexibility index (Phi) is 5.57. The fourth-order valence-electron chi connectivity index (χ4n) is 4.35. The monoisotopic (exact) mass is 465 g/mol. The first-order valence-corrected chi connectivity index (χ1v) is 10.9. The van der Waals surface area contributed by atoms with Gasteiger partial charge in [-0.2, -0.15) is 5.10 Å². The number of rotatable bonds is 4. The van der Waals surface area contributed by atoms with E-state index in [1.54, 1.807) is 17.1 Å². The molecule has 2 aromatic heterocycles. The Morgan fingerprint density at radius 1 is 1.06 bits per heavy atom. The van der Waals surface area contributed by atoms with Crippen molar-refractivity contribution < 1.29 is 18.3 Å². The third kappa shape index (κ3) is 4.03. The first-order chi connectivity index (χ1) is 16.3. The first kappa shape index (κ1) is 22.1. The molecule has 1 aliphatic rings. The van der Waals surface area contributed by atoms with Crippen LogP contribution < -0.4 is 0 Å². The number of benzene rings is 2. The molecule has 34 heavy (non-hydrogen) atoms. The second-order valence-corrected chi connectivity index (χ2v) is 8.49. The number of halogens is 3. The van der Waals surface area contributed by atoms with Crippen molar-refractivity contribution in [1.29, 1.82) is 0 Å². The summed E-state index contributed by atoms with van der Waals surface area (Å²) < 4.78 is 44.7. The molecule has 2 aromatic carbocycles. The number of aliphatic hydroxyl groups excluding tert-OH is 1.